The lowest BCUT2D eigenvalue weighted by Crippen LogP contribution is -2.29. The van der Waals surface area contributed by atoms with E-state index in [1.165, 1.54) is 17.6 Å². The Morgan fingerprint density at radius 1 is 1.08 bits per heavy atom. The quantitative estimate of drug-likeness (QED) is 0.379. The van der Waals surface area contributed by atoms with Gasteiger partial charge in [0.2, 0.25) is 0 Å². The molecule has 5 rings (SSSR count). The molecule has 0 aliphatic heterocycles. The first-order valence-corrected chi connectivity index (χ1v) is 14.8. The minimum absolute atomic E-state index is 0.207. The van der Waals surface area contributed by atoms with Crippen molar-refractivity contribution >= 4 is 27.0 Å². The number of nitrogens with zero attached hydrogens (tertiary/aromatic N) is 6. The van der Waals surface area contributed by atoms with Crippen molar-refractivity contribution in [3.05, 3.63) is 47.9 Å². The van der Waals surface area contributed by atoms with E-state index in [1.807, 2.05) is 50.8 Å². The molecule has 1 aliphatic rings. The summed E-state index contributed by atoms with van der Waals surface area (Å²) < 4.78 is 25.2. The van der Waals surface area contributed by atoms with E-state index in [0.717, 1.165) is 63.8 Å². The van der Waals surface area contributed by atoms with E-state index in [-0.39, 0.29) is 17.7 Å². The third-order valence-electron chi connectivity index (χ3n) is 6.43. The number of benzene rings is 1. The largest absolute Gasteiger partial charge is 0.367 e. The molecule has 1 saturated carbocycles. The molecule has 1 aliphatic carbocycles. The highest BCUT2D eigenvalue weighted by molar-refractivity contribution is 7.90. The molecule has 188 valence electrons. The maximum atomic E-state index is 11.7. The van der Waals surface area contributed by atoms with Gasteiger partial charge in [0.1, 0.15) is 20.7 Å². The number of aryl methyl sites for hydroxylation is 2. The van der Waals surface area contributed by atoms with E-state index in [9.17, 15) is 8.42 Å². The van der Waals surface area contributed by atoms with E-state index in [0.29, 0.717) is 5.82 Å². The Bertz CT molecular complexity index is 1470. The van der Waals surface area contributed by atoms with E-state index in [2.05, 4.69) is 31.7 Å². The molecule has 0 spiro atoms. The Balaban J connectivity index is 1.43. The Labute approximate surface area is 215 Å². The fourth-order valence-electron chi connectivity index (χ4n) is 4.70. The van der Waals surface area contributed by atoms with Crippen molar-refractivity contribution in [1.29, 1.82) is 0 Å². The predicted molar refractivity (Wildman–Crippen MR) is 142 cm³/mol. The van der Waals surface area contributed by atoms with Crippen LogP contribution in [0.1, 0.15) is 30.7 Å². The Hall–Kier alpha value is -3.18. The summed E-state index contributed by atoms with van der Waals surface area (Å²) in [5, 5.41) is 18.1. The fraction of sp³-hybridized carbons (Fsp3) is 0.400. The SMILES string of the molecule is Cc1nnc(-c2cnc(-c3cccc(-c4cnn(C)c4)c3)nc2NC2CCC(CS(C)(=O)=O)CC2)s1. The van der Waals surface area contributed by atoms with Gasteiger partial charge >= 0.3 is 0 Å². The maximum Gasteiger partial charge on any atom is 0.161 e. The van der Waals surface area contributed by atoms with Gasteiger partial charge < -0.3 is 5.32 Å². The van der Waals surface area contributed by atoms with Crippen molar-refractivity contribution in [2.75, 3.05) is 17.3 Å². The van der Waals surface area contributed by atoms with Gasteiger partial charge in [-0.15, -0.1) is 10.2 Å². The molecule has 0 amide bonds. The van der Waals surface area contributed by atoms with Crippen LogP contribution >= 0.6 is 11.3 Å². The van der Waals surface area contributed by atoms with Crippen molar-refractivity contribution in [3.63, 3.8) is 0 Å². The summed E-state index contributed by atoms with van der Waals surface area (Å²) in [6.07, 6.45) is 10.5. The topological polar surface area (TPSA) is 116 Å². The van der Waals surface area contributed by atoms with Gasteiger partial charge in [0, 0.05) is 42.9 Å². The molecule has 9 nitrogen and oxygen atoms in total. The van der Waals surface area contributed by atoms with Gasteiger partial charge in [-0.25, -0.2) is 18.4 Å². The third kappa shape index (κ3) is 5.79. The van der Waals surface area contributed by atoms with Gasteiger partial charge in [0.05, 0.1) is 17.5 Å². The minimum atomic E-state index is -2.96. The molecule has 0 unspecified atom stereocenters. The highest BCUT2D eigenvalue weighted by Gasteiger charge is 2.25. The summed E-state index contributed by atoms with van der Waals surface area (Å²) in [6.45, 7) is 1.93. The van der Waals surface area contributed by atoms with Gasteiger partial charge in [-0.2, -0.15) is 5.10 Å². The predicted octanol–water partition coefficient (Wildman–Crippen LogP) is 4.39. The molecule has 1 fully saturated rings. The van der Waals surface area contributed by atoms with Crippen LogP contribution in [-0.4, -0.2) is 56.4 Å². The number of aromatic nitrogens is 6. The monoisotopic (exact) mass is 523 g/mol. The number of hydrogen-bond donors (Lipinski definition) is 1. The number of rotatable bonds is 7. The summed E-state index contributed by atoms with van der Waals surface area (Å²) in [5.74, 6) is 1.84. The van der Waals surface area contributed by atoms with Crippen LogP contribution in [0.2, 0.25) is 0 Å². The summed E-state index contributed by atoms with van der Waals surface area (Å²) >= 11 is 1.51. The van der Waals surface area contributed by atoms with Crippen molar-refractivity contribution in [2.24, 2.45) is 13.0 Å². The van der Waals surface area contributed by atoms with Crippen molar-refractivity contribution in [1.82, 2.24) is 29.9 Å². The molecule has 0 saturated heterocycles. The van der Waals surface area contributed by atoms with Gasteiger partial charge in [0.15, 0.2) is 10.8 Å². The molecule has 1 N–H and O–H groups in total. The summed E-state index contributed by atoms with van der Waals surface area (Å²) in [4.78, 5) is 9.62. The zero-order valence-electron chi connectivity index (χ0n) is 20.5. The van der Waals surface area contributed by atoms with Gasteiger partial charge in [-0.1, -0.05) is 29.5 Å². The van der Waals surface area contributed by atoms with E-state index >= 15 is 0 Å². The van der Waals surface area contributed by atoms with E-state index in [4.69, 9.17) is 4.98 Å². The van der Waals surface area contributed by atoms with Crippen molar-refractivity contribution in [3.8, 4) is 33.1 Å². The normalized spacial score (nSPS) is 18.3. The number of anilines is 1. The molecule has 4 aromatic rings. The van der Waals surface area contributed by atoms with Crippen LogP contribution in [0.15, 0.2) is 42.9 Å². The van der Waals surface area contributed by atoms with Crippen LogP contribution in [0.25, 0.3) is 33.1 Å². The lowest BCUT2D eigenvalue weighted by atomic mass is 9.87. The molecule has 0 atom stereocenters. The number of nitrogens with one attached hydrogen (secondary N) is 1. The van der Waals surface area contributed by atoms with Crippen LogP contribution in [0.4, 0.5) is 5.82 Å². The summed E-state index contributed by atoms with van der Waals surface area (Å²) in [6, 6.07) is 8.33. The molecule has 0 radical (unpaired) electrons. The fourth-order valence-corrected chi connectivity index (χ4v) is 6.59. The Kier molecular flexibility index (Phi) is 6.85. The molecule has 1 aromatic carbocycles. The zero-order valence-corrected chi connectivity index (χ0v) is 22.2. The zero-order chi connectivity index (χ0) is 25.3. The molecule has 3 heterocycles. The average molecular weight is 524 g/mol. The minimum Gasteiger partial charge on any atom is -0.367 e. The van der Waals surface area contributed by atoms with Gasteiger partial charge in [-0.05, 0) is 50.2 Å². The van der Waals surface area contributed by atoms with Crippen molar-refractivity contribution < 1.29 is 8.42 Å². The first kappa shape index (κ1) is 24.5. The number of sulfone groups is 1. The maximum absolute atomic E-state index is 11.7. The third-order valence-corrected chi connectivity index (χ3v) is 8.38. The number of hydrogen-bond acceptors (Lipinski definition) is 9. The summed E-state index contributed by atoms with van der Waals surface area (Å²) in [7, 11) is -1.06. The van der Waals surface area contributed by atoms with Crippen molar-refractivity contribution in [2.45, 2.75) is 38.6 Å². The van der Waals surface area contributed by atoms with Crippen LogP contribution in [0.3, 0.4) is 0 Å². The van der Waals surface area contributed by atoms with E-state index in [1.54, 1.807) is 4.68 Å². The smallest absolute Gasteiger partial charge is 0.161 e. The molecule has 36 heavy (non-hydrogen) atoms. The van der Waals surface area contributed by atoms with Crippen LogP contribution < -0.4 is 5.32 Å². The first-order chi connectivity index (χ1) is 17.2. The van der Waals surface area contributed by atoms with Gasteiger partial charge in [0.25, 0.3) is 0 Å². The second-order valence-corrected chi connectivity index (χ2v) is 12.9. The lowest BCUT2D eigenvalue weighted by molar-refractivity contribution is 0.361. The van der Waals surface area contributed by atoms with E-state index < -0.39 is 9.84 Å². The standard InChI is InChI=1S/C25H29N7O2S2/c1-16-30-31-25(35-16)22-13-26-23(19-6-4-5-18(11-19)20-12-27-32(2)14-20)29-24(22)28-21-9-7-17(8-10-21)15-36(3,33)34/h4-6,11-14,17,21H,7-10,15H2,1-3H3,(H,26,28,29). The second kappa shape index (κ2) is 10.1. The Morgan fingerprint density at radius 3 is 2.53 bits per heavy atom. The highest BCUT2D eigenvalue weighted by Crippen LogP contribution is 2.34. The summed E-state index contributed by atoms with van der Waals surface area (Å²) in [5.41, 5.74) is 3.82. The van der Waals surface area contributed by atoms with Crippen LogP contribution in [-0.2, 0) is 16.9 Å². The second-order valence-electron chi connectivity index (χ2n) is 9.52. The molecule has 3 aromatic heterocycles. The first-order valence-electron chi connectivity index (χ1n) is 11.9. The van der Waals surface area contributed by atoms with Gasteiger partial charge in [-0.3, -0.25) is 4.68 Å². The highest BCUT2D eigenvalue weighted by atomic mass is 32.2. The average Bonchev–Trinajstić information content (AvgIpc) is 3.48. The molecular formula is C25H29N7O2S2. The van der Waals surface area contributed by atoms with Crippen LogP contribution in [0, 0.1) is 12.8 Å². The Morgan fingerprint density at radius 2 is 1.86 bits per heavy atom. The molecule has 0 bridgehead atoms. The molecular weight excluding hydrogens is 494 g/mol. The lowest BCUT2D eigenvalue weighted by Gasteiger charge is -2.29. The van der Waals surface area contributed by atoms with Crippen LogP contribution in [0.5, 0.6) is 0 Å². The molecule has 11 heteroatoms.